The fourth-order valence-corrected chi connectivity index (χ4v) is 3.86. The first-order valence-electron chi connectivity index (χ1n) is 9.00. The summed E-state index contributed by atoms with van der Waals surface area (Å²) in [7, 11) is 0. The minimum absolute atomic E-state index is 0.322. The van der Waals surface area contributed by atoms with Gasteiger partial charge in [0, 0.05) is 43.8 Å². The molecule has 2 saturated heterocycles. The minimum atomic E-state index is 0.322. The first-order chi connectivity index (χ1) is 9.77. The van der Waals surface area contributed by atoms with Crippen LogP contribution in [0, 0.1) is 5.92 Å². The van der Waals surface area contributed by atoms with Crippen molar-refractivity contribution >= 4 is 0 Å². The van der Waals surface area contributed by atoms with E-state index in [0.29, 0.717) is 11.6 Å². The quantitative estimate of drug-likeness (QED) is 0.792. The van der Waals surface area contributed by atoms with Crippen molar-refractivity contribution in [1.82, 2.24) is 14.7 Å². The molecule has 2 aliphatic rings. The van der Waals surface area contributed by atoms with Gasteiger partial charge in [0.1, 0.15) is 0 Å². The van der Waals surface area contributed by atoms with Gasteiger partial charge in [-0.1, -0.05) is 0 Å². The molecule has 21 heavy (non-hydrogen) atoms. The van der Waals surface area contributed by atoms with E-state index < -0.39 is 0 Å². The fourth-order valence-electron chi connectivity index (χ4n) is 3.86. The molecule has 0 radical (unpaired) electrons. The Morgan fingerprint density at radius 1 is 1.00 bits per heavy atom. The Balaban J connectivity index is 1.77. The highest BCUT2D eigenvalue weighted by Crippen LogP contribution is 2.24. The van der Waals surface area contributed by atoms with E-state index in [4.69, 9.17) is 0 Å². The maximum atomic E-state index is 2.75. The van der Waals surface area contributed by atoms with Crippen LogP contribution in [0.25, 0.3) is 0 Å². The average Bonchev–Trinajstić information content (AvgIpc) is 2.40. The number of hydrogen-bond donors (Lipinski definition) is 0. The lowest BCUT2D eigenvalue weighted by molar-refractivity contribution is 0.0139. The lowest BCUT2D eigenvalue weighted by Gasteiger charge is -2.47. The maximum Gasteiger partial charge on any atom is 0.0195 e. The van der Waals surface area contributed by atoms with Gasteiger partial charge in [-0.3, -0.25) is 9.80 Å². The highest BCUT2D eigenvalue weighted by Gasteiger charge is 2.31. The standard InChI is InChI=1S/C18H37N3/c1-15(2)19-9-7-17(8-10-19)14-20-11-12-21(13-16(20)3)18(4,5)6/h15-17H,7-14H2,1-6H3/t16-/m1/s1. The van der Waals surface area contributed by atoms with E-state index in [2.05, 4.69) is 56.2 Å². The van der Waals surface area contributed by atoms with E-state index >= 15 is 0 Å². The summed E-state index contributed by atoms with van der Waals surface area (Å²) >= 11 is 0. The van der Waals surface area contributed by atoms with Crippen LogP contribution in [-0.2, 0) is 0 Å². The second kappa shape index (κ2) is 6.97. The van der Waals surface area contributed by atoms with Crippen molar-refractivity contribution in [3.63, 3.8) is 0 Å². The predicted octanol–water partition coefficient (Wildman–Crippen LogP) is 2.91. The van der Waals surface area contributed by atoms with Crippen molar-refractivity contribution in [1.29, 1.82) is 0 Å². The molecule has 0 saturated carbocycles. The van der Waals surface area contributed by atoms with E-state index in [-0.39, 0.29) is 0 Å². The lowest BCUT2D eigenvalue weighted by Crippen LogP contribution is -2.58. The molecule has 0 spiro atoms. The van der Waals surface area contributed by atoms with Gasteiger partial charge in [-0.15, -0.1) is 0 Å². The molecule has 2 rings (SSSR count). The molecule has 0 unspecified atom stereocenters. The predicted molar refractivity (Wildman–Crippen MR) is 91.8 cm³/mol. The molecule has 3 heteroatoms. The first kappa shape index (κ1) is 17.2. The van der Waals surface area contributed by atoms with Crippen LogP contribution in [-0.4, -0.2) is 71.6 Å². The minimum Gasteiger partial charge on any atom is -0.301 e. The third kappa shape index (κ3) is 4.67. The molecule has 0 aromatic heterocycles. The van der Waals surface area contributed by atoms with Gasteiger partial charge in [0.05, 0.1) is 0 Å². The third-order valence-corrected chi connectivity index (χ3v) is 5.59. The Morgan fingerprint density at radius 2 is 1.62 bits per heavy atom. The van der Waals surface area contributed by atoms with Gasteiger partial charge in [0.15, 0.2) is 0 Å². The van der Waals surface area contributed by atoms with E-state index in [1.54, 1.807) is 0 Å². The third-order valence-electron chi connectivity index (χ3n) is 5.59. The fraction of sp³-hybridized carbons (Fsp3) is 1.00. The summed E-state index contributed by atoms with van der Waals surface area (Å²) in [4.78, 5) is 8.03. The molecule has 124 valence electrons. The molecule has 0 bridgehead atoms. The summed E-state index contributed by atoms with van der Waals surface area (Å²) in [6.07, 6.45) is 2.79. The van der Waals surface area contributed by atoms with Crippen molar-refractivity contribution < 1.29 is 0 Å². The van der Waals surface area contributed by atoms with Crippen LogP contribution in [0.1, 0.15) is 54.4 Å². The molecule has 0 aromatic carbocycles. The topological polar surface area (TPSA) is 9.72 Å². The van der Waals surface area contributed by atoms with Crippen molar-refractivity contribution in [3.8, 4) is 0 Å². The van der Waals surface area contributed by atoms with Crippen LogP contribution in [0.4, 0.5) is 0 Å². The van der Waals surface area contributed by atoms with Crippen LogP contribution >= 0.6 is 0 Å². The van der Waals surface area contributed by atoms with Gasteiger partial charge in [-0.2, -0.15) is 0 Å². The molecular weight excluding hydrogens is 258 g/mol. The van der Waals surface area contributed by atoms with Crippen molar-refractivity contribution in [2.45, 2.75) is 72.0 Å². The summed E-state index contributed by atoms with van der Waals surface area (Å²) in [6.45, 7) is 21.8. The van der Waals surface area contributed by atoms with Gasteiger partial charge >= 0.3 is 0 Å². The van der Waals surface area contributed by atoms with E-state index in [0.717, 1.165) is 12.0 Å². The normalized spacial score (nSPS) is 28.4. The Hall–Kier alpha value is -0.120. The molecule has 0 N–H and O–H groups in total. The first-order valence-corrected chi connectivity index (χ1v) is 9.00. The highest BCUT2D eigenvalue weighted by atomic mass is 15.3. The summed E-state index contributed by atoms with van der Waals surface area (Å²) in [6, 6.07) is 1.43. The molecule has 3 nitrogen and oxygen atoms in total. The van der Waals surface area contributed by atoms with Crippen molar-refractivity contribution in [3.05, 3.63) is 0 Å². The molecule has 2 aliphatic heterocycles. The van der Waals surface area contributed by atoms with Crippen LogP contribution in [0.5, 0.6) is 0 Å². The Labute approximate surface area is 132 Å². The molecule has 2 fully saturated rings. The Morgan fingerprint density at radius 3 is 2.10 bits per heavy atom. The maximum absolute atomic E-state index is 2.75. The van der Waals surface area contributed by atoms with E-state index in [1.165, 1.54) is 52.1 Å². The summed E-state index contributed by atoms with van der Waals surface area (Å²) < 4.78 is 0. The Kier molecular flexibility index (Phi) is 5.72. The monoisotopic (exact) mass is 295 g/mol. The van der Waals surface area contributed by atoms with Crippen LogP contribution in [0.3, 0.4) is 0 Å². The second-order valence-electron chi connectivity index (χ2n) is 8.53. The molecule has 1 atom stereocenters. The number of hydrogen-bond acceptors (Lipinski definition) is 3. The smallest absolute Gasteiger partial charge is 0.0195 e. The number of nitrogens with zero attached hydrogens (tertiary/aromatic N) is 3. The molecular formula is C18H37N3. The number of piperazine rings is 1. The van der Waals surface area contributed by atoms with E-state index in [9.17, 15) is 0 Å². The molecule has 0 amide bonds. The van der Waals surface area contributed by atoms with Crippen LogP contribution < -0.4 is 0 Å². The number of rotatable bonds is 3. The number of piperidine rings is 1. The highest BCUT2D eigenvalue weighted by molar-refractivity contribution is 4.87. The number of likely N-dealkylation sites (tertiary alicyclic amines) is 1. The van der Waals surface area contributed by atoms with Crippen LogP contribution in [0.2, 0.25) is 0 Å². The van der Waals surface area contributed by atoms with Crippen molar-refractivity contribution in [2.24, 2.45) is 5.92 Å². The zero-order valence-corrected chi connectivity index (χ0v) is 15.2. The van der Waals surface area contributed by atoms with Gasteiger partial charge in [-0.25, -0.2) is 0 Å². The largest absolute Gasteiger partial charge is 0.301 e. The summed E-state index contributed by atoms with van der Waals surface area (Å²) in [5, 5.41) is 0. The second-order valence-corrected chi connectivity index (χ2v) is 8.53. The van der Waals surface area contributed by atoms with E-state index in [1.807, 2.05) is 0 Å². The zero-order valence-electron chi connectivity index (χ0n) is 15.2. The Bertz CT molecular complexity index is 313. The SMILES string of the molecule is CC(C)N1CCC(CN2CCN(C(C)(C)C)C[C@H]2C)CC1. The van der Waals surface area contributed by atoms with Gasteiger partial charge in [0.2, 0.25) is 0 Å². The zero-order chi connectivity index (χ0) is 15.6. The van der Waals surface area contributed by atoms with Gasteiger partial charge < -0.3 is 4.90 Å². The molecule has 2 heterocycles. The van der Waals surface area contributed by atoms with Gasteiger partial charge in [-0.05, 0) is 73.4 Å². The van der Waals surface area contributed by atoms with Crippen LogP contribution in [0.15, 0.2) is 0 Å². The average molecular weight is 296 g/mol. The van der Waals surface area contributed by atoms with Gasteiger partial charge in [0.25, 0.3) is 0 Å². The van der Waals surface area contributed by atoms with Crippen molar-refractivity contribution in [2.75, 3.05) is 39.3 Å². The molecule has 0 aliphatic carbocycles. The summed E-state index contributed by atoms with van der Waals surface area (Å²) in [5.74, 6) is 0.920. The summed E-state index contributed by atoms with van der Waals surface area (Å²) in [5.41, 5.74) is 0.322. The lowest BCUT2D eigenvalue weighted by atomic mass is 9.94. The molecule has 0 aromatic rings.